The van der Waals surface area contributed by atoms with Crippen molar-refractivity contribution >= 4 is 56.1 Å². The molecule has 3 nitrogen and oxygen atoms in total. The van der Waals surface area contributed by atoms with Crippen LogP contribution in [0.15, 0.2) is 265 Å². The molecule has 0 aliphatic heterocycles. The summed E-state index contributed by atoms with van der Waals surface area (Å²) in [4.78, 5) is 4.86. The summed E-state index contributed by atoms with van der Waals surface area (Å²) in [6.45, 7) is 6.99. The van der Waals surface area contributed by atoms with Crippen molar-refractivity contribution in [2.24, 2.45) is 0 Å². The summed E-state index contributed by atoms with van der Waals surface area (Å²) in [7, 11) is 0. The van der Waals surface area contributed by atoms with Gasteiger partial charge in [-0.3, -0.25) is 0 Å². The fourth-order valence-electron chi connectivity index (χ4n) is 12.2. The van der Waals surface area contributed by atoms with Gasteiger partial charge in [-0.15, -0.1) is 0 Å². The smallest absolute Gasteiger partial charge is 0.159 e. The Balaban J connectivity index is 1.04. The predicted octanol–water partition coefficient (Wildman–Crippen LogP) is 19.5. The lowest BCUT2D eigenvalue weighted by atomic mass is 9.69. The van der Waals surface area contributed by atoms with Gasteiger partial charge in [0.1, 0.15) is 5.58 Å². The van der Waals surface area contributed by atoms with Gasteiger partial charge in [-0.2, -0.15) is 0 Å². The van der Waals surface area contributed by atoms with Crippen LogP contribution in [0.1, 0.15) is 48.6 Å². The number of fused-ring (bicyclic) bond motifs is 13. The number of hydrogen-bond acceptors (Lipinski definition) is 3. The Labute approximate surface area is 432 Å². The Hall–Kier alpha value is -9.18. The molecule has 2 aliphatic carbocycles. The van der Waals surface area contributed by atoms with Crippen molar-refractivity contribution in [2.45, 2.75) is 31.6 Å². The molecule has 1 heterocycles. The van der Waals surface area contributed by atoms with Crippen LogP contribution in [0.3, 0.4) is 0 Å². The Morgan fingerprint density at radius 1 is 0.324 bits per heavy atom. The molecular formula is C71H52N2O. The minimum absolute atomic E-state index is 0.0851. The van der Waals surface area contributed by atoms with Crippen molar-refractivity contribution in [2.75, 3.05) is 9.80 Å². The number of furan rings is 1. The monoisotopic (exact) mass is 948 g/mol. The molecule has 2 aliphatic rings. The van der Waals surface area contributed by atoms with E-state index in [1.54, 1.807) is 0 Å². The van der Waals surface area contributed by atoms with Gasteiger partial charge in [0.05, 0.1) is 16.8 Å². The highest BCUT2D eigenvalue weighted by Crippen LogP contribution is 2.64. The van der Waals surface area contributed by atoms with E-state index in [1.807, 2.05) is 0 Å². The van der Waals surface area contributed by atoms with E-state index in [0.29, 0.717) is 0 Å². The van der Waals surface area contributed by atoms with Crippen molar-refractivity contribution in [3.05, 3.63) is 289 Å². The molecular weight excluding hydrogens is 897 g/mol. The SMILES string of the molecule is CC(C)(C)c1ccc2c(c1)C1(c3ccccc3-c3ccc(N(c4ccccc4-c4ccccc4)c4cccc5c4oc4ccccc45)cc31)c1cc(N(c3ccccc3)c3ccc(-c4ccccc4)cc3)ccc1-2. The van der Waals surface area contributed by atoms with Crippen LogP contribution in [0.5, 0.6) is 0 Å². The molecule has 0 bridgehead atoms. The van der Waals surface area contributed by atoms with E-state index in [2.05, 4.69) is 291 Å². The number of benzene rings is 11. The average molecular weight is 949 g/mol. The highest BCUT2D eigenvalue weighted by molar-refractivity contribution is 6.11. The summed E-state index contributed by atoms with van der Waals surface area (Å²) in [5.74, 6) is 0. The summed E-state index contributed by atoms with van der Waals surface area (Å²) in [5, 5.41) is 2.19. The lowest BCUT2D eigenvalue weighted by molar-refractivity contribution is 0.588. The van der Waals surface area contributed by atoms with Crippen LogP contribution < -0.4 is 9.80 Å². The van der Waals surface area contributed by atoms with E-state index in [1.165, 1.54) is 61.2 Å². The maximum Gasteiger partial charge on any atom is 0.159 e. The first-order valence-electron chi connectivity index (χ1n) is 25.7. The summed E-state index contributed by atoms with van der Waals surface area (Å²) < 4.78 is 6.92. The standard InChI is InChI=1S/C71H52N2O/c1-70(2,3)50-36-41-57-59-42-39-53(72(51-24-11-6-12-25-51)52-37-34-48(35-38-52)47-20-7-4-8-21-47)45-64(59)71(63(57)44-50)62-30-16-13-27-56(62)58-43-40-54(46-65(58)71)73(66-31-17-14-26-55(66)49-22-9-5-10-23-49)67-32-19-29-61-60-28-15-18-33-68(60)74-69(61)67/h4-46H,1-3H3. The van der Waals surface area contributed by atoms with Gasteiger partial charge in [0, 0.05) is 39.1 Å². The van der Waals surface area contributed by atoms with Gasteiger partial charge < -0.3 is 14.2 Å². The second kappa shape index (κ2) is 17.0. The minimum atomic E-state index is -0.667. The Morgan fingerprint density at radius 2 is 0.811 bits per heavy atom. The molecule has 0 saturated heterocycles. The molecule has 1 spiro atoms. The molecule has 74 heavy (non-hydrogen) atoms. The molecule has 0 fully saturated rings. The Kier molecular flexibility index (Phi) is 10.00. The predicted molar refractivity (Wildman–Crippen MR) is 309 cm³/mol. The molecule has 0 N–H and O–H groups in total. The lowest BCUT2D eigenvalue weighted by Gasteiger charge is -2.34. The van der Waals surface area contributed by atoms with Crippen molar-refractivity contribution in [3.8, 4) is 44.5 Å². The van der Waals surface area contributed by atoms with Crippen LogP contribution in [-0.4, -0.2) is 0 Å². The molecule has 0 amide bonds. The molecule has 3 heteroatoms. The summed E-state index contributed by atoms with van der Waals surface area (Å²) >= 11 is 0. The normalized spacial score (nSPS) is 14.2. The number of hydrogen-bond donors (Lipinski definition) is 0. The van der Waals surface area contributed by atoms with Crippen molar-refractivity contribution < 1.29 is 4.42 Å². The maximum absolute atomic E-state index is 6.92. The number of para-hydroxylation sites is 4. The minimum Gasteiger partial charge on any atom is -0.454 e. The molecule has 12 aromatic rings. The Bertz CT molecular complexity index is 4110. The van der Waals surface area contributed by atoms with Gasteiger partial charge in [-0.1, -0.05) is 215 Å². The molecule has 352 valence electrons. The van der Waals surface area contributed by atoms with Crippen LogP contribution in [0.4, 0.5) is 34.1 Å². The van der Waals surface area contributed by atoms with Gasteiger partial charge in [-0.05, 0) is 139 Å². The molecule has 14 rings (SSSR count). The van der Waals surface area contributed by atoms with Gasteiger partial charge in [0.25, 0.3) is 0 Å². The van der Waals surface area contributed by atoms with E-state index < -0.39 is 5.41 Å². The summed E-state index contributed by atoms with van der Waals surface area (Å²) in [5.41, 5.74) is 23.5. The molecule has 11 aromatic carbocycles. The largest absolute Gasteiger partial charge is 0.454 e. The van der Waals surface area contributed by atoms with Crippen LogP contribution in [-0.2, 0) is 10.8 Å². The third-order valence-electron chi connectivity index (χ3n) is 15.6. The maximum atomic E-state index is 6.92. The molecule has 1 aromatic heterocycles. The highest BCUT2D eigenvalue weighted by Gasteiger charge is 2.52. The first kappa shape index (κ1) is 43.6. The third kappa shape index (κ3) is 6.73. The fraction of sp³-hybridized carbons (Fsp3) is 0.0704. The van der Waals surface area contributed by atoms with Crippen LogP contribution >= 0.6 is 0 Å². The highest BCUT2D eigenvalue weighted by atomic mass is 16.3. The molecule has 1 unspecified atom stereocenters. The first-order valence-corrected chi connectivity index (χ1v) is 25.7. The van der Waals surface area contributed by atoms with E-state index in [-0.39, 0.29) is 5.41 Å². The van der Waals surface area contributed by atoms with Gasteiger partial charge in [0.2, 0.25) is 0 Å². The van der Waals surface area contributed by atoms with Gasteiger partial charge >= 0.3 is 0 Å². The summed E-state index contributed by atoms with van der Waals surface area (Å²) in [6, 6.07) is 95.9. The number of nitrogens with zero attached hydrogens (tertiary/aromatic N) is 2. The quantitative estimate of drug-likeness (QED) is 0.151. The molecule has 1 atom stereocenters. The van der Waals surface area contributed by atoms with Crippen LogP contribution in [0, 0.1) is 0 Å². The zero-order valence-corrected chi connectivity index (χ0v) is 41.6. The van der Waals surface area contributed by atoms with Crippen LogP contribution in [0.2, 0.25) is 0 Å². The average Bonchev–Trinajstić information content (AvgIpc) is 4.11. The van der Waals surface area contributed by atoms with Crippen molar-refractivity contribution in [3.63, 3.8) is 0 Å². The first-order chi connectivity index (χ1) is 36.3. The van der Waals surface area contributed by atoms with Crippen molar-refractivity contribution in [1.82, 2.24) is 0 Å². The molecule has 0 radical (unpaired) electrons. The summed E-state index contributed by atoms with van der Waals surface area (Å²) in [6.07, 6.45) is 0. The van der Waals surface area contributed by atoms with E-state index in [0.717, 1.165) is 67.2 Å². The lowest BCUT2D eigenvalue weighted by Crippen LogP contribution is -2.27. The topological polar surface area (TPSA) is 19.6 Å². The van der Waals surface area contributed by atoms with Crippen LogP contribution in [0.25, 0.3) is 66.4 Å². The Morgan fingerprint density at radius 3 is 1.51 bits per heavy atom. The number of rotatable bonds is 8. The van der Waals surface area contributed by atoms with Crippen molar-refractivity contribution in [1.29, 1.82) is 0 Å². The fourth-order valence-corrected chi connectivity index (χ4v) is 12.2. The number of anilines is 6. The van der Waals surface area contributed by atoms with E-state index >= 15 is 0 Å². The zero-order valence-electron chi connectivity index (χ0n) is 41.6. The van der Waals surface area contributed by atoms with Gasteiger partial charge in [0.15, 0.2) is 5.58 Å². The second-order valence-electron chi connectivity index (χ2n) is 20.8. The van der Waals surface area contributed by atoms with Gasteiger partial charge in [-0.25, -0.2) is 0 Å². The zero-order chi connectivity index (χ0) is 49.5. The van der Waals surface area contributed by atoms with E-state index in [4.69, 9.17) is 4.42 Å². The molecule has 0 saturated carbocycles. The second-order valence-corrected chi connectivity index (χ2v) is 20.8. The third-order valence-corrected chi connectivity index (χ3v) is 15.6. The van der Waals surface area contributed by atoms with E-state index in [9.17, 15) is 0 Å².